The van der Waals surface area contributed by atoms with Gasteiger partial charge in [0.15, 0.2) is 0 Å². The number of ether oxygens (including phenoxy) is 1. The molecule has 3 aliphatic heterocycles. The summed E-state index contributed by atoms with van der Waals surface area (Å²) in [6, 6.07) is 8.61. The number of benzene rings is 1. The number of fused-ring (bicyclic) bond motifs is 5. The normalized spacial score (nSPS) is 27.1. The zero-order chi connectivity index (χ0) is 28.6. The summed E-state index contributed by atoms with van der Waals surface area (Å²) in [6.45, 7) is 2.13. The van der Waals surface area contributed by atoms with E-state index in [-0.39, 0.29) is 21.7 Å². The minimum Gasteiger partial charge on any atom is -0.388 e. The molecule has 0 spiro atoms. The predicted molar refractivity (Wildman–Crippen MR) is 144 cm³/mol. The van der Waals surface area contributed by atoms with Crippen molar-refractivity contribution in [3.8, 4) is 11.3 Å². The number of aliphatic hydroxyl groups excluding tert-OH is 2. The number of nitrogens with one attached hydrogen (secondary N) is 4. The van der Waals surface area contributed by atoms with Crippen LogP contribution in [0.1, 0.15) is 39.1 Å². The van der Waals surface area contributed by atoms with Crippen molar-refractivity contribution in [2.75, 3.05) is 17.2 Å². The van der Waals surface area contributed by atoms with Crippen molar-refractivity contribution in [2.24, 2.45) is 5.92 Å². The minimum absolute atomic E-state index is 0.0613. The molecule has 7 rings (SSSR count). The number of halogens is 3. The molecule has 1 aromatic carbocycles. The van der Waals surface area contributed by atoms with E-state index in [9.17, 15) is 28.2 Å². The Morgan fingerprint density at radius 1 is 1.20 bits per heavy atom. The van der Waals surface area contributed by atoms with Crippen LogP contribution >= 0.6 is 11.3 Å². The number of aliphatic hydroxyl groups is 2. The number of nitrogens with zero attached hydrogens (tertiary/aromatic N) is 2. The molecule has 6 heterocycles. The second kappa shape index (κ2) is 9.41. The second-order valence-corrected chi connectivity index (χ2v) is 11.6. The monoisotopic (exact) mass is 586 g/mol. The van der Waals surface area contributed by atoms with Crippen molar-refractivity contribution in [3.05, 3.63) is 58.2 Å². The molecular formula is C27H25F3N6O4S. The van der Waals surface area contributed by atoms with Gasteiger partial charge in [-0.2, -0.15) is 18.3 Å². The summed E-state index contributed by atoms with van der Waals surface area (Å²) < 4.78 is 45.7. The van der Waals surface area contributed by atoms with Crippen LogP contribution in [-0.2, 0) is 10.9 Å². The van der Waals surface area contributed by atoms with Crippen molar-refractivity contribution in [1.82, 2.24) is 20.5 Å². The van der Waals surface area contributed by atoms with Gasteiger partial charge in [-0.1, -0.05) is 12.1 Å². The lowest BCUT2D eigenvalue weighted by Crippen LogP contribution is -2.43. The average molecular weight is 587 g/mol. The van der Waals surface area contributed by atoms with Crippen LogP contribution in [0.25, 0.3) is 21.5 Å². The number of pyridine rings is 1. The highest BCUT2D eigenvalue weighted by atomic mass is 32.1. The van der Waals surface area contributed by atoms with E-state index in [4.69, 9.17) is 4.74 Å². The second-order valence-electron chi connectivity index (χ2n) is 10.6. The first kappa shape index (κ1) is 26.2. The van der Waals surface area contributed by atoms with E-state index in [2.05, 4.69) is 31.1 Å². The van der Waals surface area contributed by atoms with Gasteiger partial charge in [0.05, 0.1) is 29.8 Å². The summed E-state index contributed by atoms with van der Waals surface area (Å²) in [6.07, 6.45) is -5.49. The first-order valence-corrected chi connectivity index (χ1v) is 13.9. The maximum absolute atomic E-state index is 13.3. The Morgan fingerprint density at radius 2 is 2.02 bits per heavy atom. The van der Waals surface area contributed by atoms with Crippen LogP contribution in [0, 0.1) is 12.8 Å². The number of amides is 1. The summed E-state index contributed by atoms with van der Waals surface area (Å²) in [5.41, 5.74) is 2.75. The number of alkyl halides is 3. The number of hydrogen-bond donors (Lipinski definition) is 6. The lowest BCUT2D eigenvalue weighted by molar-refractivity contribution is -0.141. The molecule has 2 saturated heterocycles. The number of rotatable bonds is 5. The molecule has 0 aliphatic carbocycles. The SMILES string of the molecule is Cc1cc(C(F)(F)F)nc2sc3c(c12)NC(c1cn[nH]c1-c1cccc(NC[C@H]2C[C@@H]4O[C@H]2[C@@H](O)[C@H]4O)c1)NC3=O. The lowest BCUT2D eigenvalue weighted by atomic mass is 9.85. The zero-order valence-electron chi connectivity index (χ0n) is 21.5. The number of carbonyl (C=O) groups is 1. The molecule has 10 nitrogen and oxygen atoms in total. The van der Waals surface area contributed by atoms with Crippen molar-refractivity contribution in [2.45, 2.75) is 50.1 Å². The Balaban J connectivity index is 1.14. The van der Waals surface area contributed by atoms with E-state index >= 15 is 0 Å². The number of aromatic nitrogens is 3. The summed E-state index contributed by atoms with van der Waals surface area (Å²) >= 11 is 0.919. The van der Waals surface area contributed by atoms with E-state index < -0.39 is 42.3 Å². The van der Waals surface area contributed by atoms with Crippen molar-refractivity contribution in [3.63, 3.8) is 0 Å². The summed E-state index contributed by atoms with van der Waals surface area (Å²) in [5.74, 6) is -0.353. The van der Waals surface area contributed by atoms with Crippen molar-refractivity contribution >= 4 is 38.8 Å². The van der Waals surface area contributed by atoms with Gasteiger partial charge in [-0.15, -0.1) is 11.3 Å². The lowest BCUT2D eigenvalue weighted by Gasteiger charge is -2.27. The van der Waals surface area contributed by atoms with E-state index in [0.717, 1.165) is 28.7 Å². The molecule has 6 N–H and O–H groups in total. The van der Waals surface area contributed by atoms with Crippen LogP contribution in [0.4, 0.5) is 24.5 Å². The molecule has 41 heavy (non-hydrogen) atoms. The molecule has 14 heteroatoms. The summed E-state index contributed by atoms with van der Waals surface area (Å²) in [7, 11) is 0. The number of H-pyrrole nitrogens is 1. The van der Waals surface area contributed by atoms with E-state index in [1.54, 1.807) is 13.1 Å². The topological polar surface area (TPSA) is 144 Å². The van der Waals surface area contributed by atoms with Crippen LogP contribution in [0.5, 0.6) is 0 Å². The molecule has 2 fully saturated rings. The summed E-state index contributed by atoms with van der Waals surface area (Å²) in [5, 5.41) is 37.4. The van der Waals surface area contributed by atoms with Gasteiger partial charge in [0.1, 0.15) is 33.8 Å². The molecule has 0 saturated carbocycles. The van der Waals surface area contributed by atoms with E-state index in [1.165, 1.54) is 0 Å². The standard InChI is InChI=1S/C27H25F3N6O4S/c1-10-5-16(27(28,29)30)33-26-17(10)19-23(41-26)25(39)35-24(34-19)14-9-32-36-18(14)11-3-2-4-13(6-11)31-8-12-7-15-20(37)21(38)22(12)40-15/h2-6,9,12,15,20-22,24,31,34,37-38H,7-8H2,1H3,(H,32,36)(H,35,39)/t12-,15+,20+,21+,22-,24?/m1/s1. The molecule has 3 aliphatic rings. The smallest absolute Gasteiger partial charge is 0.388 e. The van der Waals surface area contributed by atoms with E-state index in [0.29, 0.717) is 40.9 Å². The van der Waals surface area contributed by atoms with Gasteiger partial charge in [0.2, 0.25) is 0 Å². The number of carbonyl (C=O) groups excluding carboxylic acids is 1. The highest BCUT2D eigenvalue weighted by molar-refractivity contribution is 7.21. The fraction of sp³-hybridized carbons (Fsp3) is 0.370. The molecule has 3 aromatic heterocycles. The van der Waals surface area contributed by atoms with Gasteiger partial charge >= 0.3 is 6.18 Å². The molecular weight excluding hydrogens is 561 g/mol. The van der Waals surface area contributed by atoms with Crippen molar-refractivity contribution < 1.29 is 32.9 Å². The fourth-order valence-electron chi connectivity index (χ4n) is 6.03. The number of aromatic amines is 1. The number of aryl methyl sites for hydroxylation is 1. The van der Waals surface area contributed by atoms with Gasteiger partial charge in [0.25, 0.3) is 5.91 Å². The summed E-state index contributed by atoms with van der Waals surface area (Å²) in [4.78, 5) is 17.3. The average Bonchev–Trinajstić information content (AvgIpc) is 3.71. The van der Waals surface area contributed by atoms with Crippen molar-refractivity contribution in [1.29, 1.82) is 0 Å². The maximum atomic E-state index is 13.3. The quantitative estimate of drug-likeness (QED) is 0.207. The highest BCUT2D eigenvalue weighted by Crippen LogP contribution is 2.44. The molecule has 4 aromatic rings. The van der Waals surface area contributed by atoms with Gasteiger partial charge in [0, 0.05) is 34.7 Å². The molecule has 1 amide bonds. The number of hydrogen-bond acceptors (Lipinski definition) is 9. The maximum Gasteiger partial charge on any atom is 0.433 e. The van der Waals surface area contributed by atoms with Gasteiger partial charge < -0.3 is 30.9 Å². The Labute approximate surface area is 234 Å². The minimum atomic E-state index is -4.59. The number of thiophene rings is 1. The Morgan fingerprint density at radius 3 is 2.78 bits per heavy atom. The highest BCUT2D eigenvalue weighted by Gasteiger charge is 2.52. The largest absolute Gasteiger partial charge is 0.433 e. The molecule has 1 unspecified atom stereocenters. The predicted octanol–water partition coefficient (Wildman–Crippen LogP) is 3.79. The Hall–Kier alpha value is -3.72. The molecule has 214 valence electrons. The van der Waals surface area contributed by atoms with Crippen LogP contribution in [0.3, 0.4) is 0 Å². The third-order valence-corrected chi connectivity index (χ3v) is 9.10. The third kappa shape index (κ3) is 4.33. The molecule has 6 atom stereocenters. The fourth-order valence-corrected chi connectivity index (χ4v) is 7.15. The molecule has 0 radical (unpaired) electrons. The third-order valence-electron chi connectivity index (χ3n) is 8.02. The first-order chi connectivity index (χ1) is 19.6. The zero-order valence-corrected chi connectivity index (χ0v) is 22.3. The van der Waals surface area contributed by atoms with Gasteiger partial charge in [-0.25, -0.2) is 4.98 Å². The van der Waals surface area contributed by atoms with Crippen LogP contribution in [-0.4, -0.2) is 62.3 Å². The first-order valence-electron chi connectivity index (χ1n) is 13.1. The van der Waals surface area contributed by atoms with Gasteiger partial charge in [-0.05, 0) is 37.1 Å². The van der Waals surface area contributed by atoms with Gasteiger partial charge in [-0.3, -0.25) is 9.89 Å². The van der Waals surface area contributed by atoms with Crippen LogP contribution in [0.15, 0.2) is 36.5 Å². The Kier molecular flexibility index (Phi) is 6.01. The van der Waals surface area contributed by atoms with E-state index in [1.807, 2.05) is 24.3 Å². The molecule has 2 bridgehead atoms. The number of anilines is 2. The van der Waals surface area contributed by atoms with Crippen LogP contribution < -0.4 is 16.0 Å². The Bertz CT molecular complexity index is 1670. The van der Waals surface area contributed by atoms with Crippen LogP contribution in [0.2, 0.25) is 0 Å².